The third-order valence-electron chi connectivity index (χ3n) is 26.9. The van der Waals surface area contributed by atoms with Crippen LogP contribution in [0.3, 0.4) is 0 Å². The van der Waals surface area contributed by atoms with Crippen LogP contribution in [-0.4, -0.2) is 92.7 Å². The van der Waals surface area contributed by atoms with Gasteiger partial charge in [0.1, 0.15) is 115 Å². The molecule has 0 saturated carbocycles. The Morgan fingerprint density at radius 3 is 0.694 bits per heavy atom. The average Bonchev–Trinajstić information content (AvgIpc) is 1.50. The van der Waals surface area contributed by atoms with E-state index < -0.39 is 48.8 Å². The van der Waals surface area contributed by atoms with Gasteiger partial charge in [-0.2, -0.15) is 21.0 Å². The summed E-state index contributed by atoms with van der Waals surface area (Å²) in [5, 5.41) is 47.7. The van der Waals surface area contributed by atoms with Crippen molar-refractivity contribution in [2.45, 2.75) is 259 Å². The number of aromatic amines is 2. The number of hydrogen-bond donors (Lipinski definition) is 2. The lowest BCUT2D eigenvalue weighted by atomic mass is 9.65. The number of unbranched alkanes of at least 4 members (excludes halogenated alkanes) is 8. The first kappa shape index (κ1) is 82.5. The van der Waals surface area contributed by atoms with E-state index in [1.165, 1.54) is 0 Å². The Morgan fingerprint density at radius 1 is 0.290 bits per heavy atom. The summed E-state index contributed by atoms with van der Waals surface area (Å²) in [6.07, 6.45) is 7.71. The van der Waals surface area contributed by atoms with E-state index in [1.54, 1.807) is 0 Å². The van der Waals surface area contributed by atoms with E-state index >= 15 is 0 Å². The normalized spacial score (nSPS) is 21.8. The number of nitrogens with one attached hydrogen (secondary N) is 2. The molecule has 6 aromatic carbocycles. The standard InChI is InChI=1S/C100H110N12O12/c1-15-23-35-113-75-55(45-101)57(47-103)77(115-37-25-17-3)61-59(75)83-67-69(85(61)121-83)89-65-63(87(67)123-89)79(117-39-27-19-5)71-73(81(65)119-41-29-21-7)97-109-93-54-44-50(100(12,13)14)32-34-52(54)92(106-93)108-96-72-74(98(112-96)110-94-53-43-49(99(9,10)11)31-33-51(53)91(105-94)107-95(71)111-97)82(120-42-30-22-8)66-64(80(72)118-40-28-20-6)88-68-70(90(66)124-88)86-62-60(84(68)122-86)76(114-36-24-16-2)56(46-102)58(48-104)78(62)116-38-26-18-4/h31-34,43-44,67-70,83-90H,15-30,35-42H2,1-14H3,(H2,105,106,107,108,109,110,111,112). The summed E-state index contributed by atoms with van der Waals surface area (Å²) in [5.41, 5.74) is 12.6. The molecule has 0 amide bonds. The second-order valence-electron chi connectivity index (χ2n) is 36.9. The monoisotopic (exact) mass is 1670 g/mol. The van der Waals surface area contributed by atoms with Crippen LogP contribution in [0, 0.1) is 69.0 Å². The molecule has 0 radical (unpaired) electrons. The molecule has 0 spiro atoms. The molecule has 10 aliphatic heterocycles. The molecule has 13 heterocycles. The van der Waals surface area contributed by atoms with E-state index in [0.29, 0.717) is 167 Å². The van der Waals surface area contributed by atoms with Crippen LogP contribution in [0.25, 0.3) is 89.7 Å². The Kier molecular flexibility index (Phi) is 21.8. The van der Waals surface area contributed by atoms with E-state index in [-0.39, 0.29) is 56.8 Å². The van der Waals surface area contributed by atoms with Crippen molar-refractivity contribution in [3.8, 4) is 116 Å². The van der Waals surface area contributed by atoms with Crippen LogP contribution in [0.15, 0.2) is 36.4 Å². The van der Waals surface area contributed by atoms with Gasteiger partial charge in [-0.3, -0.25) is 0 Å². The third kappa shape index (κ3) is 12.8. The molecule has 642 valence electrons. The molecule has 12 unspecified atom stereocenters. The van der Waals surface area contributed by atoms with E-state index in [9.17, 15) is 21.0 Å². The van der Waals surface area contributed by atoms with Gasteiger partial charge in [-0.1, -0.05) is 173 Å². The van der Waals surface area contributed by atoms with Crippen molar-refractivity contribution < 1.29 is 56.8 Å². The van der Waals surface area contributed by atoms with Gasteiger partial charge in [0.05, 0.1) is 124 Å². The molecule has 12 atom stereocenters. The Bertz CT molecular complexity index is 5830. The number of aromatic nitrogens is 8. The third-order valence-corrected chi connectivity index (χ3v) is 26.9. The van der Waals surface area contributed by atoms with Gasteiger partial charge < -0.3 is 66.8 Å². The van der Waals surface area contributed by atoms with Crippen LogP contribution in [0.2, 0.25) is 0 Å². The molecule has 16 bridgehead atoms. The van der Waals surface area contributed by atoms with E-state index in [2.05, 4.69) is 168 Å². The first-order chi connectivity index (χ1) is 60.4. The molecular weight excluding hydrogens is 1560 g/mol. The first-order valence-corrected chi connectivity index (χ1v) is 45.7. The zero-order chi connectivity index (χ0) is 86.1. The number of benzene rings is 6. The molecule has 4 fully saturated rings. The van der Waals surface area contributed by atoms with Crippen molar-refractivity contribution in [3.05, 3.63) is 114 Å². The number of nitriles is 4. The van der Waals surface area contributed by atoms with Crippen LogP contribution in [0.5, 0.6) is 46.0 Å². The second-order valence-corrected chi connectivity index (χ2v) is 36.9. The topological polar surface area (TPSA) is 315 Å². The first-order valence-electron chi connectivity index (χ1n) is 45.7. The predicted molar refractivity (Wildman–Crippen MR) is 469 cm³/mol. The fourth-order valence-corrected chi connectivity index (χ4v) is 20.8. The fourth-order valence-electron chi connectivity index (χ4n) is 20.8. The number of hydrogen-bond acceptors (Lipinski definition) is 22. The summed E-state index contributed by atoms with van der Waals surface area (Å²) < 4.78 is 86.9. The van der Waals surface area contributed by atoms with Gasteiger partial charge >= 0.3 is 0 Å². The highest BCUT2D eigenvalue weighted by atomic mass is 16.6. The predicted octanol–water partition coefficient (Wildman–Crippen LogP) is 22.8. The van der Waals surface area contributed by atoms with Crippen molar-refractivity contribution in [3.63, 3.8) is 0 Å². The minimum atomic E-state index is -0.628. The van der Waals surface area contributed by atoms with Crippen LogP contribution < -0.4 is 37.9 Å². The van der Waals surface area contributed by atoms with E-state index in [1.807, 2.05) is 0 Å². The molecule has 24 nitrogen and oxygen atoms in total. The zero-order valence-corrected chi connectivity index (χ0v) is 73.7. The molecule has 2 N–H and O–H groups in total. The Hall–Kier alpha value is -11.1. The number of rotatable bonds is 32. The molecule has 0 aliphatic carbocycles. The summed E-state index contributed by atoms with van der Waals surface area (Å²) >= 11 is 0. The number of H-pyrrole nitrogens is 2. The fraction of sp³-hybridized carbons (Fsp3) is 0.520. The summed E-state index contributed by atoms with van der Waals surface area (Å²) in [4.78, 5) is 42.6. The van der Waals surface area contributed by atoms with Crippen LogP contribution in [-0.2, 0) is 29.8 Å². The number of ether oxygens (including phenoxy) is 12. The van der Waals surface area contributed by atoms with Crippen molar-refractivity contribution in [1.82, 2.24) is 39.9 Å². The number of fused-ring (bicyclic) bond motifs is 50. The highest BCUT2D eigenvalue weighted by Gasteiger charge is 2.72. The highest BCUT2D eigenvalue weighted by Crippen LogP contribution is 2.80. The van der Waals surface area contributed by atoms with Gasteiger partial charge in [-0.15, -0.1) is 0 Å². The van der Waals surface area contributed by atoms with Gasteiger partial charge in [0.25, 0.3) is 0 Å². The van der Waals surface area contributed by atoms with Gasteiger partial charge in [-0.25, -0.2) is 29.9 Å². The summed E-state index contributed by atoms with van der Waals surface area (Å²) in [5.74, 6) is 3.77. The van der Waals surface area contributed by atoms with Crippen LogP contribution in [0.1, 0.15) is 326 Å². The molecule has 10 aliphatic rings. The van der Waals surface area contributed by atoms with Crippen molar-refractivity contribution in [2.24, 2.45) is 23.7 Å². The Labute approximate surface area is 724 Å². The summed E-state index contributed by atoms with van der Waals surface area (Å²) in [6, 6.07) is 22.5. The lowest BCUT2D eigenvalue weighted by Gasteiger charge is -2.35. The van der Waals surface area contributed by atoms with Crippen LogP contribution in [0.4, 0.5) is 0 Å². The highest BCUT2D eigenvalue weighted by molar-refractivity contribution is 6.08. The Balaban J connectivity index is 0.886. The maximum Gasteiger partial charge on any atom is 0.168 e. The van der Waals surface area contributed by atoms with E-state index in [0.717, 1.165) is 180 Å². The van der Waals surface area contributed by atoms with Crippen LogP contribution >= 0.6 is 0 Å². The minimum absolute atomic E-state index is 0.146. The zero-order valence-electron chi connectivity index (χ0n) is 73.7. The maximum absolute atomic E-state index is 11.1. The SMILES string of the molecule is CCCCOc1c(C#N)c(C#N)c(OCCCC)c2c1C1OC2C2C3OC(c4c(OCCCC)c5c(c(OCCCC)c43)-c3nc-5nc4[nH]c(nc5nc(nc6[nH]c(n3)c3cc(C(C)(C)C)ccc63)-c3c(OCCCC)c6c(c(OCCCC)c3-5)C3OC6C5C6OC(c7c(OCCCC)c(C#N)c(C#N)c(OCCCC)c76)C35)c3cc(C(C)(C)C)ccc43)C12. The molecular formula is C100H110N12O12. The second kappa shape index (κ2) is 32.8. The van der Waals surface area contributed by atoms with Crippen molar-refractivity contribution >= 4 is 44.1 Å². The molecule has 4 saturated heterocycles. The lowest BCUT2D eigenvalue weighted by Crippen LogP contribution is -2.29. The maximum atomic E-state index is 11.1. The lowest BCUT2D eigenvalue weighted by molar-refractivity contribution is -0.0307. The van der Waals surface area contributed by atoms with Crippen molar-refractivity contribution in [2.75, 3.05) is 52.9 Å². The number of nitrogens with zero attached hydrogens (tertiary/aromatic N) is 10. The molecule has 3 aromatic heterocycles. The van der Waals surface area contributed by atoms with Gasteiger partial charge in [0.2, 0.25) is 0 Å². The van der Waals surface area contributed by atoms with Gasteiger partial charge in [0.15, 0.2) is 23.3 Å². The minimum Gasteiger partial charge on any atom is -0.492 e. The molecule has 124 heavy (non-hydrogen) atoms. The van der Waals surface area contributed by atoms with Gasteiger partial charge in [-0.05, 0) is 85.5 Å². The smallest absolute Gasteiger partial charge is 0.168 e. The largest absolute Gasteiger partial charge is 0.492 e. The molecule has 19 rings (SSSR count). The summed E-state index contributed by atoms with van der Waals surface area (Å²) in [6.45, 7) is 33.0. The van der Waals surface area contributed by atoms with Gasteiger partial charge in [0, 0.05) is 89.7 Å². The Morgan fingerprint density at radius 2 is 0.492 bits per heavy atom. The summed E-state index contributed by atoms with van der Waals surface area (Å²) in [7, 11) is 0. The molecule has 24 heteroatoms. The average molecular weight is 1670 g/mol. The molecule has 9 aromatic rings. The van der Waals surface area contributed by atoms with Crippen molar-refractivity contribution in [1.29, 1.82) is 21.0 Å². The quantitative estimate of drug-likeness (QED) is 0.0370. The van der Waals surface area contributed by atoms with E-state index in [4.69, 9.17) is 86.7 Å².